The van der Waals surface area contributed by atoms with Gasteiger partial charge in [-0.15, -0.1) is 0 Å². The van der Waals surface area contributed by atoms with Gasteiger partial charge in [0.15, 0.2) is 5.78 Å². The number of likely N-dealkylation sites (N-methyl/N-ethyl adjacent to an activating group) is 1. The summed E-state index contributed by atoms with van der Waals surface area (Å²) in [4.78, 5) is 15.6. The van der Waals surface area contributed by atoms with E-state index in [1.807, 2.05) is 55.5 Å². The zero-order chi connectivity index (χ0) is 23.0. The van der Waals surface area contributed by atoms with Gasteiger partial charge in [0.2, 0.25) is 0 Å². The van der Waals surface area contributed by atoms with Crippen LogP contribution in [0.3, 0.4) is 0 Å². The van der Waals surface area contributed by atoms with Crippen LogP contribution in [-0.4, -0.2) is 30.9 Å². The molecule has 0 bridgehead atoms. The topological polar surface area (TPSA) is 41.6 Å². The molecule has 0 heterocycles. The van der Waals surface area contributed by atoms with E-state index < -0.39 is 0 Å². The predicted octanol–water partition coefficient (Wildman–Crippen LogP) is 6.03. The predicted molar refractivity (Wildman–Crippen MR) is 134 cm³/mol. The van der Waals surface area contributed by atoms with Crippen molar-refractivity contribution in [2.24, 2.45) is 0 Å². The van der Waals surface area contributed by atoms with Crippen LogP contribution in [0.4, 0.5) is 5.69 Å². The number of Topliss-reactive ketones (excluding diaryl/α,β-unsaturated/α-hetero) is 1. The standard InChI is InChI=1S/C29H32N2O2/c1-3-33-29-17-11-10-16-26(29)30-27-18-24(23-14-8-5-9-15-23)19-28(32)25(27)21-31(2)20-22-12-6-4-7-13-22/h4-17,24,30H,3,18-21H2,1-2H3. The summed E-state index contributed by atoms with van der Waals surface area (Å²) in [6, 6.07) is 28.7. The lowest BCUT2D eigenvalue weighted by Gasteiger charge is -2.30. The first kappa shape index (κ1) is 22.8. The maximum absolute atomic E-state index is 13.4. The van der Waals surface area contributed by atoms with Crippen molar-refractivity contribution in [1.82, 2.24) is 4.90 Å². The number of allylic oxidation sites excluding steroid dienone is 1. The lowest BCUT2D eigenvalue weighted by atomic mass is 9.81. The van der Waals surface area contributed by atoms with Crippen LogP contribution in [0.15, 0.2) is 96.2 Å². The largest absolute Gasteiger partial charge is 0.492 e. The van der Waals surface area contributed by atoms with Crippen molar-refractivity contribution in [2.75, 3.05) is 25.5 Å². The average molecular weight is 441 g/mol. The molecule has 0 saturated carbocycles. The van der Waals surface area contributed by atoms with Gasteiger partial charge in [0, 0.05) is 30.8 Å². The first-order chi connectivity index (χ1) is 16.1. The molecule has 0 spiro atoms. The molecule has 0 saturated heterocycles. The number of nitrogens with one attached hydrogen (secondary N) is 1. The third-order valence-electron chi connectivity index (χ3n) is 6.05. The molecule has 0 fully saturated rings. The van der Waals surface area contributed by atoms with Gasteiger partial charge >= 0.3 is 0 Å². The highest BCUT2D eigenvalue weighted by molar-refractivity contribution is 5.98. The van der Waals surface area contributed by atoms with E-state index in [1.165, 1.54) is 11.1 Å². The highest BCUT2D eigenvalue weighted by Gasteiger charge is 2.29. The Morgan fingerprint density at radius 2 is 1.55 bits per heavy atom. The summed E-state index contributed by atoms with van der Waals surface area (Å²) in [6.07, 6.45) is 1.33. The Kier molecular flexibility index (Phi) is 7.59. The van der Waals surface area contributed by atoms with Crippen LogP contribution in [0.25, 0.3) is 0 Å². The number of ketones is 1. The van der Waals surface area contributed by atoms with Gasteiger partial charge in [0.25, 0.3) is 0 Å². The third-order valence-corrected chi connectivity index (χ3v) is 6.05. The number of carbonyl (C=O) groups is 1. The van der Waals surface area contributed by atoms with E-state index in [2.05, 4.69) is 53.7 Å². The molecule has 1 aliphatic carbocycles. The van der Waals surface area contributed by atoms with E-state index in [1.54, 1.807) is 0 Å². The van der Waals surface area contributed by atoms with E-state index in [4.69, 9.17) is 4.74 Å². The fourth-order valence-electron chi connectivity index (χ4n) is 4.46. The van der Waals surface area contributed by atoms with Crippen molar-refractivity contribution >= 4 is 11.5 Å². The van der Waals surface area contributed by atoms with Crippen molar-refractivity contribution in [1.29, 1.82) is 0 Å². The number of ether oxygens (including phenoxy) is 1. The Balaban J connectivity index is 1.63. The molecule has 1 atom stereocenters. The summed E-state index contributed by atoms with van der Waals surface area (Å²) < 4.78 is 5.83. The average Bonchev–Trinajstić information content (AvgIpc) is 2.83. The fraction of sp³-hybridized carbons (Fsp3) is 0.276. The molecule has 3 aromatic rings. The van der Waals surface area contributed by atoms with Crippen LogP contribution in [-0.2, 0) is 11.3 Å². The molecule has 4 heteroatoms. The lowest BCUT2D eigenvalue weighted by Crippen LogP contribution is -2.30. The van der Waals surface area contributed by atoms with Gasteiger partial charge in [-0.2, -0.15) is 0 Å². The second-order valence-corrected chi connectivity index (χ2v) is 8.61. The van der Waals surface area contributed by atoms with Crippen molar-refractivity contribution in [3.8, 4) is 5.75 Å². The Morgan fingerprint density at radius 1 is 0.879 bits per heavy atom. The number of nitrogens with zero attached hydrogens (tertiary/aromatic N) is 1. The molecule has 0 aromatic heterocycles. The minimum absolute atomic E-state index is 0.170. The highest BCUT2D eigenvalue weighted by atomic mass is 16.5. The van der Waals surface area contributed by atoms with Crippen molar-refractivity contribution in [3.05, 3.63) is 107 Å². The molecule has 0 amide bonds. The summed E-state index contributed by atoms with van der Waals surface area (Å²) in [5.41, 5.74) is 5.21. The summed E-state index contributed by atoms with van der Waals surface area (Å²) in [5, 5.41) is 3.59. The van der Waals surface area contributed by atoms with Crippen LogP contribution in [0.2, 0.25) is 0 Å². The fourth-order valence-corrected chi connectivity index (χ4v) is 4.46. The minimum Gasteiger partial charge on any atom is -0.492 e. The number of benzene rings is 3. The lowest BCUT2D eigenvalue weighted by molar-refractivity contribution is -0.116. The molecule has 0 aliphatic heterocycles. The molecular weight excluding hydrogens is 408 g/mol. The van der Waals surface area contributed by atoms with Crippen molar-refractivity contribution in [3.63, 3.8) is 0 Å². The number of carbonyl (C=O) groups excluding carboxylic acids is 1. The first-order valence-electron chi connectivity index (χ1n) is 11.7. The number of hydrogen-bond donors (Lipinski definition) is 1. The Hall–Kier alpha value is -3.37. The maximum Gasteiger partial charge on any atom is 0.162 e. The summed E-state index contributed by atoms with van der Waals surface area (Å²) in [6.45, 7) is 3.97. The Labute approximate surface area is 196 Å². The van der Waals surface area contributed by atoms with Gasteiger partial charge < -0.3 is 10.1 Å². The quantitative estimate of drug-likeness (QED) is 0.441. The van der Waals surface area contributed by atoms with Gasteiger partial charge in [0.05, 0.1) is 12.3 Å². The van der Waals surface area contributed by atoms with Crippen LogP contribution in [0.5, 0.6) is 5.75 Å². The monoisotopic (exact) mass is 440 g/mol. The molecule has 0 radical (unpaired) electrons. The molecule has 3 aromatic carbocycles. The summed E-state index contributed by atoms with van der Waals surface area (Å²) >= 11 is 0. The van der Waals surface area contributed by atoms with E-state index >= 15 is 0 Å². The molecule has 1 aliphatic rings. The molecule has 1 N–H and O–H groups in total. The third kappa shape index (κ3) is 5.91. The molecular formula is C29H32N2O2. The van der Waals surface area contributed by atoms with E-state index in [0.29, 0.717) is 19.6 Å². The van der Waals surface area contributed by atoms with Gasteiger partial charge in [-0.25, -0.2) is 0 Å². The number of anilines is 1. The Bertz CT molecular complexity index is 1090. The second kappa shape index (κ2) is 11.0. The van der Waals surface area contributed by atoms with E-state index in [-0.39, 0.29) is 11.7 Å². The minimum atomic E-state index is 0.170. The maximum atomic E-state index is 13.4. The summed E-state index contributed by atoms with van der Waals surface area (Å²) in [5.74, 6) is 1.19. The van der Waals surface area contributed by atoms with Gasteiger partial charge in [-0.3, -0.25) is 9.69 Å². The van der Waals surface area contributed by atoms with Crippen LogP contribution in [0.1, 0.15) is 36.8 Å². The molecule has 4 nitrogen and oxygen atoms in total. The number of rotatable bonds is 9. The first-order valence-corrected chi connectivity index (χ1v) is 11.7. The van der Waals surface area contributed by atoms with Crippen molar-refractivity contribution in [2.45, 2.75) is 32.2 Å². The second-order valence-electron chi connectivity index (χ2n) is 8.61. The molecule has 4 rings (SSSR count). The molecule has 33 heavy (non-hydrogen) atoms. The van der Waals surface area contributed by atoms with E-state index in [0.717, 1.165) is 35.7 Å². The zero-order valence-electron chi connectivity index (χ0n) is 19.5. The SMILES string of the molecule is CCOc1ccccc1NC1=C(CN(C)Cc2ccccc2)C(=O)CC(c2ccccc2)C1. The smallest absolute Gasteiger partial charge is 0.162 e. The normalized spacial score (nSPS) is 16.2. The highest BCUT2D eigenvalue weighted by Crippen LogP contribution is 2.37. The molecule has 1 unspecified atom stereocenters. The van der Waals surface area contributed by atoms with Crippen LogP contribution in [0, 0.1) is 0 Å². The molecule has 170 valence electrons. The number of hydrogen-bond acceptors (Lipinski definition) is 4. The van der Waals surface area contributed by atoms with Crippen molar-refractivity contribution < 1.29 is 9.53 Å². The van der Waals surface area contributed by atoms with Crippen LogP contribution >= 0.6 is 0 Å². The van der Waals surface area contributed by atoms with Gasteiger partial charge in [-0.1, -0.05) is 72.8 Å². The number of para-hydroxylation sites is 2. The van der Waals surface area contributed by atoms with Gasteiger partial charge in [-0.05, 0) is 49.6 Å². The Morgan fingerprint density at radius 3 is 2.27 bits per heavy atom. The van der Waals surface area contributed by atoms with Gasteiger partial charge in [0.1, 0.15) is 5.75 Å². The van der Waals surface area contributed by atoms with E-state index in [9.17, 15) is 4.79 Å². The summed E-state index contributed by atoms with van der Waals surface area (Å²) in [7, 11) is 2.07. The zero-order valence-corrected chi connectivity index (χ0v) is 19.5. The van der Waals surface area contributed by atoms with Crippen LogP contribution < -0.4 is 10.1 Å².